The van der Waals surface area contributed by atoms with Gasteiger partial charge in [-0.2, -0.15) is 0 Å². The van der Waals surface area contributed by atoms with E-state index in [9.17, 15) is 4.39 Å². The molecule has 0 aromatic heterocycles. The van der Waals surface area contributed by atoms with Crippen LogP contribution in [0.25, 0.3) is 0 Å². The summed E-state index contributed by atoms with van der Waals surface area (Å²) in [6, 6.07) is 5.75. The summed E-state index contributed by atoms with van der Waals surface area (Å²) in [5.74, 6) is -0.188. The zero-order valence-corrected chi connectivity index (χ0v) is 10.1. The lowest BCUT2D eigenvalue weighted by molar-refractivity contribution is 0.586. The fourth-order valence-corrected chi connectivity index (χ4v) is 1.45. The van der Waals surface area contributed by atoms with Crippen LogP contribution < -0.4 is 5.32 Å². The van der Waals surface area contributed by atoms with Gasteiger partial charge in [0.1, 0.15) is 5.82 Å². The molecular weight excluding hydrogens is 245 g/mol. The van der Waals surface area contributed by atoms with Crippen molar-refractivity contribution in [3.8, 4) is 0 Å². The lowest BCUT2D eigenvalue weighted by atomic mass is 10.1. The van der Waals surface area contributed by atoms with Gasteiger partial charge in [-0.1, -0.05) is 19.9 Å². The molecule has 0 atom stereocenters. The molecule has 0 amide bonds. The van der Waals surface area contributed by atoms with E-state index >= 15 is 0 Å². The Kier molecular flexibility index (Phi) is 4.55. The topological polar surface area (TPSA) is 12.0 Å². The highest BCUT2D eigenvalue weighted by molar-refractivity contribution is 9.10. The summed E-state index contributed by atoms with van der Waals surface area (Å²) in [7, 11) is 0. The summed E-state index contributed by atoms with van der Waals surface area (Å²) >= 11 is 3.13. The summed E-state index contributed by atoms with van der Waals surface area (Å²) in [5, 5.41) is 3.29. The first-order valence-electron chi connectivity index (χ1n) is 4.77. The summed E-state index contributed by atoms with van der Waals surface area (Å²) in [4.78, 5) is 0. The van der Waals surface area contributed by atoms with E-state index in [-0.39, 0.29) is 5.82 Å². The third-order valence-electron chi connectivity index (χ3n) is 1.95. The minimum Gasteiger partial charge on any atom is -0.314 e. The number of nitrogens with one attached hydrogen (secondary N) is 1. The van der Waals surface area contributed by atoms with Crippen LogP contribution in [0.3, 0.4) is 0 Å². The van der Waals surface area contributed by atoms with Crippen LogP contribution in [0, 0.1) is 5.82 Å². The molecule has 0 bridgehead atoms. The van der Waals surface area contributed by atoms with Crippen LogP contribution in [0.4, 0.5) is 4.39 Å². The molecule has 0 aliphatic rings. The Bertz CT molecular complexity index is 299. The zero-order valence-electron chi connectivity index (χ0n) is 8.48. The van der Waals surface area contributed by atoms with E-state index in [0.29, 0.717) is 10.5 Å². The fourth-order valence-electron chi connectivity index (χ4n) is 1.20. The molecule has 1 aromatic rings. The Morgan fingerprint density at radius 1 is 1.43 bits per heavy atom. The maximum atomic E-state index is 13.1. The lowest BCUT2D eigenvalue weighted by Gasteiger charge is -2.07. The lowest BCUT2D eigenvalue weighted by Crippen LogP contribution is -2.24. The van der Waals surface area contributed by atoms with Crippen LogP contribution in [-0.2, 0) is 6.42 Å². The first-order valence-corrected chi connectivity index (χ1v) is 5.56. The van der Waals surface area contributed by atoms with E-state index in [1.165, 1.54) is 0 Å². The van der Waals surface area contributed by atoms with Crippen LogP contribution in [0.5, 0.6) is 0 Å². The fraction of sp³-hybridized carbons (Fsp3) is 0.455. The SMILES string of the molecule is CC(C)NCCc1ccc(Br)c(F)c1. The average molecular weight is 260 g/mol. The van der Waals surface area contributed by atoms with Crippen molar-refractivity contribution in [3.63, 3.8) is 0 Å². The summed E-state index contributed by atoms with van der Waals surface area (Å²) in [6.07, 6.45) is 0.863. The van der Waals surface area contributed by atoms with E-state index in [1.807, 2.05) is 6.07 Å². The van der Waals surface area contributed by atoms with Gasteiger partial charge in [-0.15, -0.1) is 0 Å². The Labute approximate surface area is 92.8 Å². The molecule has 0 heterocycles. The van der Waals surface area contributed by atoms with Crippen molar-refractivity contribution < 1.29 is 4.39 Å². The number of benzene rings is 1. The molecule has 1 N–H and O–H groups in total. The molecule has 0 aliphatic heterocycles. The second-order valence-corrected chi connectivity index (χ2v) is 4.46. The Morgan fingerprint density at radius 3 is 2.71 bits per heavy atom. The zero-order chi connectivity index (χ0) is 10.6. The normalized spacial score (nSPS) is 10.9. The predicted octanol–water partition coefficient (Wildman–Crippen LogP) is 3.13. The quantitative estimate of drug-likeness (QED) is 0.877. The molecule has 78 valence electrons. The highest BCUT2D eigenvalue weighted by Gasteiger charge is 2.00. The molecule has 0 aliphatic carbocycles. The molecule has 14 heavy (non-hydrogen) atoms. The van der Waals surface area contributed by atoms with E-state index in [1.54, 1.807) is 12.1 Å². The first-order chi connectivity index (χ1) is 6.59. The van der Waals surface area contributed by atoms with Crippen LogP contribution in [0.2, 0.25) is 0 Å². The predicted molar refractivity (Wildman–Crippen MR) is 60.9 cm³/mol. The monoisotopic (exact) mass is 259 g/mol. The van der Waals surface area contributed by atoms with Gasteiger partial charge >= 0.3 is 0 Å². The molecular formula is C11H15BrFN. The van der Waals surface area contributed by atoms with Crippen molar-refractivity contribution in [2.45, 2.75) is 26.3 Å². The third kappa shape index (κ3) is 3.76. The number of halogens is 2. The van der Waals surface area contributed by atoms with Gasteiger partial charge in [-0.25, -0.2) is 4.39 Å². The molecule has 1 aromatic carbocycles. The van der Waals surface area contributed by atoms with Gasteiger partial charge < -0.3 is 5.32 Å². The maximum Gasteiger partial charge on any atom is 0.137 e. The molecule has 0 radical (unpaired) electrons. The smallest absolute Gasteiger partial charge is 0.137 e. The van der Waals surface area contributed by atoms with Crippen LogP contribution in [-0.4, -0.2) is 12.6 Å². The second kappa shape index (κ2) is 5.47. The van der Waals surface area contributed by atoms with Crippen LogP contribution >= 0.6 is 15.9 Å². The van der Waals surface area contributed by atoms with Crippen molar-refractivity contribution >= 4 is 15.9 Å². The summed E-state index contributed by atoms with van der Waals surface area (Å²) in [5.41, 5.74) is 1.03. The second-order valence-electron chi connectivity index (χ2n) is 3.61. The van der Waals surface area contributed by atoms with E-state index in [2.05, 4.69) is 35.1 Å². The van der Waals surface area contributed by atoms with Gasteiger partial charge in [0, 0.05) is 6.04 Å². The molecule has 3 heteroatoms. The van der Waals surface area contributed by atoms with E-state index in [0.717, 1.165) is 18.5 Å². The Balaban J connectivity index is 2.47. The minimum atomic E-state index is -0.188. The van der Waals surface area contributed by atoms with Crippen molar-refractivity contribution in [2.75, 3.05) is 6.54 Å². The highest BCUT2D eigenvalue weighted by atomic mass is 79.9. The van der Waals surface area contributed by atoms with Gasteiger partial charge in [0.05, 0.1) is 4.47 Å². The Hall–Kier alpha value is -0.410. The minimum absolute atomic E-state index is 0.188. The number of hydrogen-bond donors (Lipinski definition) is 1. The summed E-state index contributed by atoms with van der Waals surface area (Å²) in [6.45, 7) is 5.09. The largest absolute Gasteiger partial charge is 0.314 e. The van der Waals surface area contributed by atoms with E-state index < -0.39 is 0 Å². The molecule has 0 saturated heterocycles. The van der Waals surface area contributed by atoms with Gasteiger partial charge in [0.2, 0.25) is 0 Å². The van der Waals surface area contributed by atoms with Crippen LogP contribution in [0.1, 0.15) is 19.4 Å². The van der Waals surface area contributed by atoms with Crippen molar-refractivity contribution in [1.29, 1.82) is 0 Å². The summed E-state index contributed by atoms with van der Waals surface area (Å²) < 4.78 is 13.6. The highest BCUT2D eigenvalue weighted by Crippen LogP contribution is 2.16. The maximum absolute atomic E-state index is 13.1. The average Bonchev–Trinajstić information content (AvgIpc) is 2.10. The van der Waals surface area contributed by atoms with Gasteiger partial charge in [-0.05, 0) is 46.6 Å². The molecule has 0 unspecified atom stereocenters. The standard InChI is InChI=1S/C11H15BrFN/c1-8(2)14-6-5-9-3-4-10(12)11(13)7-9/h3-4,7-8,14H,5-6H2,1-2H3. The molecule has 1 nitrogen and oxygen atoms in total. The van der Waals surface area contributed by atoms with Crippen molar-refractivity contribution in [2.24, 2.45) is 0 Å². The number of rotatable bonds is 4. The Morgan fingerprint density at radius 2 is 2.14 bits per heavy atom. The molecule has 0 spiro atoms. The molecule has 1 rings (SSSR count). The number of hydrogen-bond acceptors (Lipinski definition) is 1. The molecule has 0 saturated carbocycles. The van der Waals surface area contributed by atoms with Crippen LogP contribution in [0.15, 0.2) is 22.7 Å². The van der Waals surface area contributed by atoms with Gasteiger partial charge in [-0.3, -0.25) is 0 Å². The first kappa shape index (κ1) is 11.7. The van der Waals surface area contributed by atoms with Gasteiger partial charge in [0.25, 0.3) is 0 Å². The third-order valence-corrected chi connectivity index (χ3v) is 2.59. The van der Waals surface area contributed by atoms with Crippen molar-refractivity contribution in [3.05, 3.63) is 34.1 Å². The van der Waals surface area contributed by atoms with Crippen molar-refractivity contribution in [1.82, 2.24) is 5.32 Å². The molecule has 0 fully saturated rings. The van der Waals surface area contributed by atoms with E-state index in [4.69, 9.17) is 0 Å². The van der Waals surface area contributed by atoms with Gasteiger partial charge in [0.15, 0.2) is 0 Å².